The molecule has 1 fully saturated rings. The molecule has 1 amide bonds. The fraction of sp³-hybridized carbons (Fsp3) is 0.769. The third-order valence-corrected chi connectivity index (χ3v) is 2.91. The zero-order chi connectivity index (χ0) is 17.6. The number of hydrogen-bond acceptors (Lipinski definition) is 6. The number of nitrogens with zero attached hydrogens (tertiary/aromatic N) is 1. The van der Waals surface area contributed by atoms with Crippen molar-refractivity contribution in [1.82, 2.24) is 4.90 Å². The van der Waals surface area contributed by atoms with Crippen LogP contribution in [0.3, 0.4) is 0 Å². The summed E-state index contributed by atoms with van der Waals surface area (Å²) in [6.07, 6.45) is 0.720. The van der Waals surface area contributed by atoms with Crippen LogP contribution in [0, 0.1) is 0 Å². The highest BCUT2D eigenvalue weighted by Crippen LogP contribution is 2.22. The van der Waals surface area contributed by atoms with E-state index in [0.29, 0.717) is 25.9 Å². The van der Waals surface area contributed by atoms with Gasteiger partial charge in [0, 0.05) is 19.6 Å². The molecule has 0 radical (unpaired) electrons. The van der Waals surface area contributed by atoms with Gasteiger partial charge in [-0.25, -0.2) is 14.4 Å². The van der Waals surface area contributed by atoms with Crippen LogP contribution >= 0.6 is 0 Å². The molecule has 1 aliphatic heterocycles. The van der Waals surface area contributed by atoms with E-state index in [1.165, 1.54) is 0 Å². The molecule has 1 saturated heterocycles. The van der Waals surface area contributed by atoms with Gasteiger partial charge in [-0.15, -0.1) is 0 Å². The summed E-state index contributed by atoms with van der Waals surface area (Å²) in [7, 11) is 0. The van der Waals surface area contributed by atoms with Crippen LogP contribution in [0.1, 0.15) is 33.6 Å². The lowest BCUT2D eigenvalue weighted by molar-refractivity contribution is -0.159. The molecule has 0 aromatic heterocycles. The van der Waals surface area contributed by atoms with Crippen LogP contribution in [0.2, 0.25) is 0 Å². The minimum absolute atomic E-state index is 0.245. The minimum atomic E-state index is -1.82. The smallest absolute Gasteiger partial charge is 0.414 e. The largest absolute Gasteiger partial charge is 0.473 e. The molecule has 0 unspecified atom stereocenters. The van der Waals surface area contributed by atoms with Crippen LogP contribution in [0.4, 0.5) is 4.79 Å². The highest BCUT2D eigenvalue weighted by atomic mass is 16.6. The molecular weight excluding hydrogens is 296 g/mol. The first-order valence-electron chi connectivity index (χ1n) is 6.77. The molecule has 0 spiro atoms. The monoisotopic (exact) mass is 320 g/mol. The molecule has 1 rings (SSSR count). The molecule has 0 bridgehead atoms. The van der Waals surface area contributed by atoms with E-state index in [0.717, 1.165) is 0 Å². The van der Waals surface area contributed by atoms with Gasteiger partial charge in [0.2, 0.25) is 0 Å². The van der Waals surface area contributed by atoms with Crippen molar-refractivity contribution in [1.29, 1.82) is 0 Å². The van der Waals surface area contributed by atoms with Crippen LogP contribution in [-0.2, 0) is 14.3 Å². The number of carbonyl (C=O) groups excluding carboxylic acids is 1. The molecule has 0 aliphatic carbocycles. The number of rotatable bonds is 1. The number of carbonyl (C=O) groups is 3. The number of carboxylic acids is 2. The number of amides is 1. The molecule has 9 heteroatoms. The lowest BCUT2D eigenvalue weighted by Gasteiger charge is -2.37. The molecule has 1 aliphatic rings. The second-order valence-electron chi connectivity index (χ2n) is 6.01. The predicted molar refractivity (Wildman–Crippen MR) is 76.3 cm³/mol. The van der Waals surface area contributed by atoms with Crippen molar-refractivity contribution in [3.05, 3.63) is 0 Å². The van der Waals surface area contributed by atoms with Gasteiger partial charge in [0.05, 0.1) is 5.60 Å². The zero-order valence-electron chi connectivity index (χ0n) is 13.0. The quantitative estimate of drug-likeness (QED) is 0.487. The summed E-state index contributed by atoms with van der Waals surface area (Å²) >= 11 is 0. The fourth-order valence-corrected chi connectivity index (χ4v) is 1.64. The Morgan fingerprint density at radius 2 is 1.55 bits per heavy atom. The van der Waals surface area contributed by atoms with Crippen molar-refractivity contribution in [2.24, 2.45) is 5.73 Å². The van der Waals surface area contributed by atoms with Crippen molar-refractivity contribution in [2.45, 2.75) is 44.8 Å². The van der Waals surface area contributed by atoms with Crippen LogP contribution in [0.15, 0.2) is 0 Å². The van der Waals surface area contributed by atoms with Crippen LogP contribution in [-0.4, -0.2) is 69.1 Å². The topological polar surface area (TPSA) is 150 Å². The Hall–Kier alpha value is -1.87. The number of piperidine rings is 1. The molecule has 0 aromatic carbocycles. The number of carboxylic acid groups (broad SMARTS) is 2. The maximum Gasteiger partial charge on any atom is 0.414 e. The van der Waals surface area contributed by atoms with Crippen LogP contribution in [0.25, 0.3) is 0 Å². The van der Waals surface area contributed by atoms with E-state index in [4.69, 9.17) is 30.3 Å². The van der Waals surface area contributed by atoms with E-state index in [1.807, 2.05) is 20.8 Å². The number of ether oxygens (including phenoxy) is 1. The Kier molecular flexibility index (Phi) is 7.27. The number of hydrogen-bond donors (Lipinski definition) is 4. The van der Waals surface area contributed by atoms with Crippen molar-refractivity contribution >= 4 is 18.0 Å². The summed E-state index contributed by atoms with van der Waals surface area (Å²) in [5, 5.41) is 24.7. The Labute approximate surface area is 128 Å². The summed E-state index contributed by atoms with van der Waals surface area (Å²) in [5.74, 6) is -3.65. The number of aliphatic carboxylic acids is 2. The highest BCUT2D eigenvalue weighted by molar-refractivity contribution is 6.27. The third-order valence-electron chi connectivity index (χ3n) is 2.91. The average molecular weight is 320 g/mol. The zero-order valence-corrected chi connectivity index (χ0v) is 13.0. The summed E-state index contributed by atoms with van der Waals surface area (Å²) in [4.78, 5) is 31.5. The first kappa shape index (κ1) is 20.1. The van der Waals surface area contributed by atoms with Crippen LogP contribution < -0.4 is 5.73 Å². The van der Waals surface area contributed by atoms with Crippen molar-refractivity contribution in [3.8, 4) is 0 Å². The molecule has 1 heterocycles. The van der Waals surface area contributed by atoms with E-state index in [-0.39, 0.29) is 12.6 Å². The lowest BCUT2D eigenvalue weighted by Crippen LogP contribution is -2.51. The normalized spacial score (nSPS) is 17.0. The standard InChI is InChI=1S/C11H22N2O3.C2H2O4/c1-10(2,3)16-9(14)13-6-4-11(15,8-12)5-7-13;3-1(4)2(5)6/h15H,4-8,12H2,1-3H3;(H,3,4)(H,5,6). The second kappa shape index (κ2) is 7.95. The first-order chi connectivity index (χ1) is 9.90. The number of likely N-dealkylation sites (tertiary alicyclic amines) is 1. The van der Waals surface area contributed by atoms with E-state index in [2.05, 4.69) is 0 Å². The van der Waals surface area contributed by atoms with Crippen molar-refractivity contribution in [2.75, 3.05) is 19.6 Å². The van der Waals surface area contributed by atoms with Gasteiger partial charge >= 0.3 is 18.0 Å². The van der Waals surface area contributed by atoms with Gasteiger partial charge in [0.25, 0.3) is 0 Å². The second-order valence-corrected chi connectivity index (χ2v) is 6.01. The van der Waals surface area contributed by atoms with E-state index in [9.17, 15) is 9.90 Å². The minimum Gasteiger partial charge on any atom is -0.473 e. The van der Waals surface area contributed by atoms with E-state index < -0.39 is 23.1 Å². The number of nitrogens with two attached hydrogens (primary N) is 1. The van der Waals surface area contributed by atoms with Gasteiger partial charge in [-0.3, -0.25) is 0 Å². The molecule has 22 heavy (non-hydrogen) atoms. The van der Waals surface area contributed by atoms with Crippen molar-refractivity contribution < 1.29 is 34.4 Å². The first-order valence-corrected chi connectivity index (χ1v) is 6.77. The fourth-order valence-electron chi connectivity index (χ4n) is 1.64. The van der Waals surface area contributed by atoms with E-state index >= 15 is 0 Å². The molecule has 0 aromatic rings. The maximum absolute atomic E-state index is 11.7. The highest BCUT2D eigenvalue weighted by Gasteiger charge is 2.34. The van der Waals surface area contributed by atoms with Gasteiger partial charge in [-0.05, 0) is 33.6 Å². The predicted octanol–water partition coefficient (Wildman–Crippen LogP) is -0.137. The van der Waals surface area contributed by atoms with Crippen LogP contribution in [0.5, 0.6) is 0 Å². The molecule has 5 N–H and O–H groups in total. The average Bonchev–Trinajstić information content (AvgIpc) is 2.38. The molecular formula is C13H24N2O7. The molecule has 0 saturated carbocycles. The molecule has 0 atom stereocenters. The Morgan fingerprint density at radius 1 is 1.14 bits per heavy atom. The Bertz CT molecular complexity index is 397. The van der Waals surface area contributed by atoms with Crippen molar-refractivity contribution in [3.63, 3.8) is 0 Å². The van der Waals surface area contributed by atoms with E-state index in [1.54, 1.807) is 4.90 Å². The summed E-state index contributed by atoms with van der Waals surface area (Å²) < 4.78 is 5.25. The summed E-state index contributed by atoms with van der Waals surface area (Å²) in [6, 6.07) is 0. The lowest BCUT2D eigenvalue weighted by atomic mass is 9.92. The van der Waals surface area contributed by atoms with Gasteiger partial charge in [-0.2, -0.15) is 0 Å². The number of aliphatic hydroxyl groups is 1. The SMILES string of the molecule is CC(C)(C)OC(=O)N1CCC(O)(CN)CC1.O=C(O)C(=O)O. The van der Waals surface area contributed by atoms with Gasteiger partial charge < -0.3 is 30.7 Å². The van der Waals surface area contributed by atoms with Gasteiger partial charge in [-0.1, -0.05) is 0 Å². The molecule has 128 valence electrons. The Morgan fingerprint density at radius 3 is 1.82 bits per heavy atom. The summed E-state index contributed by atoms with van der Waals surface area (Å²) in [6.45, 7) is 6.77. The maximum atomic E-state index is 11.7. The van der Waals surface area contributed by atoms with Gasteiger partial charge in [0.15, 0.2) is 0 Å². The summed E-state index contributed by atoms with van der Waals surface area (Å²) in [5.41, 5.74) is 4.20. The third kappa shape index (κ3) is 7.79. The molecule has 9 nitrogen and oxygen atoms in total. The van der Waals surface area contributed by atoms with Gasteiger partial charge in [0.1, 0.15) is 5.60 Å². The Balaban J connectivity index is 0.000000626.